The standard InChI is InChI=1S/C19H26N4O4S/c1-4-5-10-21(2)19(24)18-16-13-22(11-12-27-3)28(25,26)17-9-7-6-8-15(17)23(16)14-20-18/h6-9,14H,4-5,10-13H2,1-3H3. The van der Waals surface area contributed by atoms with Crippen molar-refractivity contribution in [3.05, 3.63) is 42.0 Å². The monoisotopic (exact) mass is 406 g/mol. The maximum Gasteiger partial charge on any atom is 0.274 e. The quantitative estimate of drug-likeness (QED) is 0.701. The number of ether oxygens (including phenoxy) is 1. The number of imidazole rings is 1. The SMILES string of the molecule is CCCCN(C)C(=O)c1ncn2c1CN(CCOC)S(=O)(=O)c1ccccc1-2. The molecule has 0 bridgehead atoms. The summed E-state index contributed by atoms with van der Waals surface area (Å²) in [5.41, 5.74) is 1.35. The van der Waals surface area contributed by atoms with Crippen molar-refractivity contribution >= 4 is 15.9 Å². The van der Waals surface area contributed by atoms with Crippen molar-refractivity contribution in [3.8, 4) is 5.69 Å². The predicted octanol–water partition coefficient (Wildman–Crippen LogP) is 1.90. The van der Waals surface area contributed by atoms with Crippen LogP contribution in [0.4, 0.5) is 0 Å². The van der Waals surface area contributed by atoms with E-state index in [1.807, 2.05) is 0 Å². The number of nitrogens with zero attached hydrogens (tertiary/aromatic N) is 4. The highest BCUT2D eigenvalue weighted by Crippen LogP contribution is 2.31. The highest BCUT2D eigenvalue weighted by atomic mass is 32.2. The highest BCUT2D eigenvalue weighted by molar-refractivity contribution is 7.89. The van der Waals surface area contributed by atoms with Crippen LogP contribution in [0.1, 0.15) is 35.9 Å². The number of rotatable bonds is 7. The zero-order valence-electron chi connectivity index (χ0n) is 16.5. The Labute approximate surface area is 165 Å². The topological polar surface area (TPSA) is 84.7 Å². The average molecular weight is 407 g/mol. The fourth-order valence-electron chi connectivity index (χ4n) is 3.25. The normalized spacial score (nSPS) is 15.5. The van der Waals surface area contributed by atoms with Gasteiger partial charge in [0.25, 0.3) is 5.91 Å². The van der Waals surface area contributed by atoms with Gasteiger partial charge in [0.1, 0.15) is 11.2 Å². The van der Waals surface area contributed by atoms with Crippen molar-refractivity contribution < 1.29 is 17.9 Å². The molecule has 28 heavy (non-hydrogen) atoms. The zero-order chi connectivity index (χ0) is 20.3. The summed E-state index contributed by atoms with van der Waals surface area (Å²) in [7, 11) is -0.454. The minimum absolute atomic E-state index is 0.0586. The second-order valence-electron chi connectivity index (χ2n) is 6.79. The molecule has 0 aliphatic carbocycles. The van der Waals surface area contributed by atoms with Crippen LogP contribution in [0.2, 0.25) is 0 Å². The van der Waals surface area contributed by atoms with Gasteiger partial charge in [-0.2, -0.15) is 4.31 Å². The molecule has 1 amide bonds. The van der Waals surface area contributed by atoms with Crippen molar-refractivity contribution in [1.29, 1.82) is 0 Å². The first kappa shape index (κ1) is 20.5. The summed E-state index contributed by atoms with van der Waals surface area (Å²) in [6, 6.07) is 6.77. The van der Waals surface area contributed by atoms with E-state index in [0.29, 0.717) is 17.9 Å². The van der Waals surface area contributed by atoms with Gasteiger partial charge in [0.15, 0.2) is 5.69 Å². The maximum atomic E-state index is 13.2. The Hall–Kier alpha value is -2.23. The van der Waals surface area contributed by atoms with Crippen LogP contribution in [0.15, 0.2) is 35.5 Å². The molecule has 2 aromatic rings. The molecule has 0 radical (unpaired) electrons. The fourth-order valence-corrected chi connectivity index (χ4v) is 4.81. The first-order valence-corrected chi connectivity index (χ1v) is 10.8. The van der Waals surface area contributed by atoms with E-state index in [0.717, 1.165) is 12.8 Å². The lowest BCUT2D eigenvalue weighted by Crippen LogP contribution is -2.34. The molecule has 9 heteroatoms. The summed E-state index contributed by atoms with van der Waals surface area (Å²) < 4.78 is 34.5. The van der Waals surface area contributed by atoms with Gasteiger partial charge in [-0.15, -0.1) is 0 Å². The van der Waals surface area contributed by atoms with Gasteiger partial charge in [-0.3, -0.25) is 9.36 Å². The molecular weight excluding hydrogens is 380 g/mol. The average Bonchev–Trinajstić information content (AvgIpc) is 3.08. The van der Waals surface area contributed by atoms with Gasteiger partial charge in [0.2, 0.25) is 10.0 Å². The molecule has 0 unspecified atom stereocenters. The smallest absolute Gasteiger partial charge is 0.274 e. The molecule has 0 fully saturated rings. The number of aromatic nitrogens is 2. The Kier molecular flexibility index (Phi) is 6.17. The van der Waals surface area contributed by atoms with E-state index in [1.54, 1.807) is 40.8 Å². The Morgan fingerprint density at radius 2 is 2.07 bits per heavy atom. The molecule has 1 aliphatic rings. The Balaban J connectivity index is 2.09. The molecule has 152 valence electrons. The van der Waals surface area contributed by atoms with Crippen molar-refractivity contribution in [3.63, 3.8) is 0 Å². The van der Waals surface area contributed by atoms with Crippen LogP contribution in [0.25, 0.3) is 5.69 Å². The molecule has 0 spiro atoms. The number of unbranched alkanes of at least 4 members (excludes halogenated alkanes) is 1. The third kappa shape index (κ3) is 3.69. The van der Waals surface area contributed by atoms with Gasteiger partial charge in [0.05, 0.1) is 24.5 Å². The van der Waals surface area contributed by atoms with Gasteiger partial charge >= 0.3 is 0 Å². The van der Waals surface area contributed by atoms with Gasteiger partial charge in [-0.25, -0.2) is 13.4 Å². The maximum absolute atomic E-state index is 13.2. The minimum Gasteiger partial charge on any atom is -0.383 e. The van der Waals surface area contributed by atoms with Crippen molar-refractivity contribution in [2.24, 2.45) is 0 Å². The largest absolute Gasteiger partial charge is 0.383 e. The number of benzene rings is 1. The number of hydrogen-bond donors (Lipinski definition) is 0. The lowest BCUT2D eigenvalue weighted by atomic mass is 10.2. The molecule has 1 aromatic carbocycles. The van der Waals surface area contributed by atoms with Crippen LogP contribution in [-0.4, -0.2) is 66.9 Å². The number of carbonyl (C=O) groups is 1. The Morgan fingerprint density at radius 3 is 2.79 bits per heavy atom. The summed E-state index contributed by atoms with van der Waals surface area (Å²) in [6.45, 7) is 3.20. The molecule has 0 atom stereocenters. The van der Waals surface area contributed by atoms with Crippen LogP contribution in [-0.2, 0) is 21.3 Å². The van der Waals surface area contributed by atoms with E-state index in [4.69, 9.17) is 4.74 Å². The van der Waals surface area contributed by atoms with Gasteiger partial charge in [-0.1, -0.05) is 25.5 Å². The van der Waals surface area contributed by atoms with Gasteiger partial charge in [0, 0.05) is 27.2 Å². The van der Waals surface area contributed by atoms with E-state index in [-0.39, 0.29) is 36.2 Å². The Morgan fingerprint density at radius 1 is 1.32 bits per heavy atom. The second kappa shape index (κ2) is 8.42. The van der Waals surface area contributed by atoms with Crippen molar-refractivity contribution in [2.75, 3.05) is 33.9 Å². The van der Waals surface area contributed by atoms with E-state index in [1.165, 1.54) is 17.7 Å². The van der Waals surface area contributed by atoms with Crippen LogP contribution >= 0.6 is 0 Å². The van der Waals surface area contributed by atoms with Crippen molar-refractivity contribution in [2.45, 2.75) is 31.2 Å². The summed E-state index contributed by atoms with van der Waals surface area (Å²) in [5.74, 6) is -0.203. The Bertz CT molecular complexity index is 955. The summed E-state index contributed by atoms with van der Waals surface area (Å²) in [6.07, 6.45) is 3.41. The summed E-state index contributed by atoms with van der Waals surface area (Å²) in [5, 5.41) is 0. The predicted molar refractivity (Wildman–Crippen MR) is 105 cm³/mol. The molecule has 3 rings (SSSR count). The second-order valence-corrected chi connectivity index (χ2v) is 8.70. The van der Waals surface area contributed by atoms with Crippen molar-refractivity contribution in [1.82, 2.24) is 18.8 Å². The number of para-hydroxylation sites is 1. The molecule has 1 aliphatic heterocycles. The fraction of sp³-hybridized carbons (Fsp3) is 0.474. The van der Waals surface area contributed by atoms with Crippen LogP contribution < -0.4 is 0 Å². The number of fused-ring (bicyclic) bond motifs is 3. The van der Waals surface area contributed by atoms with Crippen LogP contribution in [0.5, 0.6) is 0 Å². The number of amides is 1. The summed E-state index contributed by atoms with van der Waals surface area (Å²) in [4.78, 5) is 19.1. The zero-order valence-corrected chi connectivity index (χ0v) is 17.3. The number of sulfonamides is 1. The minimum atomic E-state index is -3.73. The molecule has 0 saturated carbocycles. The molecule has 0 saturated heterocycles. The lowest BCUT2D eigenvalue weighted by molar-refractivity contribution is 0.0786. The third-order valence-electron chi connectivity index (χ3n) is 4.88. The summed E-state index contributed by atoms with van der Waals surface area (Å²) >= 11 is 0. The molecule has 2 heterocycles. The van der Waals surface area contributed by atoms with E-state index in [9.17, 15) is 13.2 Å². The van der Waals surface area contributed by atoms with Crippen LogP contribution in [0, 0.1) is 0 Å². The molecule has 8 nitrogen and oxygen atoms in total. The number of methoxy groups -OCH3 is 1. The van der Waals surface area contributed by atoms with Gasteiger partial charge < -0.3 is 9.64 Å². The first-order valence-electron chi connectivity index (χ1n) is 9.32. The molecule has 0 N–H and O–H groups in total. The van der Waals surface area contributed by atoms with E-state index in [2.05, 4.69) is 11.9 Å². The molecule has 1 aromatic heterocycles. The van der Waals surface area contributed by atoms with E-state index >= 15 is 0 Å². The molecular formula is C19H26N4O4S. The van der Waals surface area contributed by atoms with E-state index < -0.39 is 10.0 Å². The highest BCUT2D eigenvalue weighted by Gasteiger charge is 2.35. The number of carbonyl (C=O) groups excluding carboxylic acids is 1. The van der Waals surface area contributed by atoms with Crippen LogP contribution in [0.3, 0.4) is 0 Å². The lowest BCUT2D eigenvalue weighted by Gasteiger charge is -2.21. The first-order chi connectivity index (χ1) is 13.4. The van der Waals surface area contributed by atoms with Gasteiger partial charge in [-0.05, 0) is 18.6 Å². The third-order valence-corrected chi connectivity index (χ3v) is 6.77. The number of hydrogen-bond acceptors (Lipinski definition) is 5.